The van der Waals surface area contributed by atoms with E-state index in [-0.39, 0.29) is 0 Å². The lowest BCUT2D eigenvalue weighted by Gasteiger charge is -2.30. The number of benzene rings is 1. The summed E-state index contributed by atoms with van der Waals surface area (Å²) in [6.45, 7) is 3.55. The lowest BCUT2D eigenvalue weighted by molar-refractivity contribution is 0.619. The van der Waals surface area contributed by atoms with Gasteiger partial charge in [0.05, 0.1) is 5.69 Å². The zero-order valence-electron chi connectivity index (χ0n) is 11.8. The number of fused-ring (bicyclic) bond motifs is 2. The van der Waals surface area contributed by atoms with Gasteiger partial charge in [-0.05, 0) is 17.5 Å². The number of rotatable bonds is 1. The molecule has 0 bridgehead atoms. The Morgan fingerprint density at radius 2 is 1.95 bits per heavy atom. The lowest BCUT2D eigenvalue weighted by atomic mass is 10.0. The van der Waals surface area contributed by atoms with Crippen LogP contribution in [0.3, 0.4) is 0 Å². The van der Waals surface area contributed by atoms with Crippen LogP contribution in [-0.4, -0.2) is 23.1 Å². The minimum atomic E-state index is 0.598. The zero-order valence-corrected chi connectivity index (χ0v) is 12.5. The van der Waals surface area contributed by atoms with Crippen molar-refractivity contribution in [2.75, 3.05) is 18.0 Å². The first kappa shape index (κ1) is 13.0. The van der Waals surface area contributed by atoms with Crippen LogP contribution in [0.25, 0.3) is 0 Å². The van der Waals surface area contributed by atoms with E-state index in [4.69, 9.17) is 16.6 Å². The van der Waals surface area contributed by atoms with Crippen LogP contribution in [0.1, 0.15) is 22.4 Å². The van der Waals surface area contributed by atoms with Gasteiger partial charge < -0.3 is 10.2 Å². The lowest BCUT2D eigenvalue weighted by Crippen LogP contribution is -2.33. The van der Waals surface area contributed by atoms with Gasteiger partial charge in [0.15, 0.2) is 0 Å². The molecular formula is C16H17ClN4. The highest BCUT2D eigenvalue weighted by molar-refractivity contribution is 6.30. The molecule has 108 valence electrons. The van der Waals surface area contributed by atoms with Gasteiger partial charge in [-0.1, -0.05) is 35.9 Å². The Balaban J connectivity index is 1.67. The largest absolute Gasteiger partial charge is 0.336 e. The maximum Gasteiger partial charge on any atom is 0.227 e. The van der Waals surface area contributed by atoms with Crippen molar-refractivity contribution in [3.05, 3.63) is 51.8 Å². The smallest absolute Gasteiger partial charge is 0.227 e. The number of aromatic nitrogens is 2. The Morgan fingerprint density at radius 1 is 1.10 bits per heavy atom. The maximum absolute atomic E-state index is 6.35. The first-order valence-corrected chi connectivity index (χ1v) is 7.77. The van der Waals surface area contributed by atoms with Crippen LogP contribution >= 0.6 is 11.6 Å². The number of halogens is 1. The Bertz CT molecular complexity index is 686. The summed E-state index contributed by atoms with van der Waals surface area (Å²) in [5.41, 5.74) is 4.96. The predicted octanol–water partition coefficient (Wildman–Crippen LogP) is 2.34. The molecule has 5 heteroatoms. The summed E-state index contributed by atoms with van der Waals surface area (Å²) in [4.78, 5) is 11.5. The highest BCUT2D eigenvalue weighted by Crippen LogP contribution is 2.26. The van der Waals surface area contributed by atoms with Gasteiger partial charge >= 0.3 is 0 Å². The molecule has 0 atom stereocenters. The molecule has 0 unspecified atom stereocenters. The van der Waals surface area contributed by atoms with Crippen LogP contribution < -0.4 is 10.2 Å². The summed E-state index contributed by atoms with van der Waals surface area (Å²) in [6.07, 6.45) is 1.96. The molecule has 0 amide bonds. The molecule has 3 heterocycles. The van der Waals surface area contributed by atoms with Gasteiger partial charge in [-0.25, -0.2) is 9.97 Å². The minimum absolute atomic E-state index is 0.598. The van der Waals surface area contributed by atoms with Gasteiger partial charge in [0.1, 0.15) is 5.15 Å². The monoisotopic (exact) mass is 300 g/mol. The van der Waals surface area contributed by atoms with Crippen LogP contribution in [0.5, 0.6) is 0 Å². The fourth-order valence-corrected chi connectivity index (χ4v) is 3.35. The molecule has 1 aromatic carbocycles. The van der Waals surface area contributed by atoms with Crippen LogP contribution in [0.2, 0.25) is 5.15 Å². The molecule has 2 aliphatic heterocycles. The van der Waals surface area contributed by atoms with Crippen molar-refractivity contribution in [3.8, 4) is 0 Å². The molecular weight excluding hydrogens is 284 g/mol. The average molecular weight is 301 g/mol. The Labute approximate surface area is 129 Å². The van der Waals surface area contributed by atoms with Crippen molar-refractivity contribution in [3.63, 3.8) is 0 Å². The minimum Gasteiger partial charge on any atom is -0.336 e. The van der Waals surface area contributed by atoms with Gasteiger partial charge in [0.25, 0.3) is 0 Å². The van der Waals surface area contributed by atoms with Crippen molar-refractivity contribution in [1.29, 1.82) is 0 Å². The molecule has 4 rings (SSSR count). The Kier molecular flexibility index (Phi) is 3.28. The van der Waals surface area contributed by atoms with Crippen LogP contribution in [0.4, 0.5) is 5.95 Å². The normalized spacial score (nSPS) is 17.3. The molecule has 0 spiro atoms. The van der Waals surface area contributed by atoms with Crippen LogP contribution in [0, 0.1) is 0 Å². The van der Waals surface area contributed by atoms with Crippen molar-refractivity contribution < 1.29 is 0 Å². The summed E-state index contributed by atoms with van der Waals surface area (Å²) in [7, 11) is 0. The van der Waals surface area contributed by atoms with Crippen LogP contribution in [-0.2, 0) is 25.9 Å². The van der Waals surface area contributed by atoms with Gasteiger partial charge in [-0.2, -0.15) is 0 Å². The molecule has 1 N–H and O–H groups in total. The number of hydrogen-bond acceptors (Lipinski definition) is 4. The van der Waals surface area contributed by atoms with Crippen LogP contribution in [0.15, 0.2) is 24.3 Å². The van der Waals surface area contributed by atoms with E-state index in [1.165, 1.54) is 11.1 Å². The third-order valence-electron chi connectivity index (χ3n) is 4.28. The molecule has 2 aromatic rings. The summed E-state index contributed by atoms with van der Waals surface area (Å²) < 4.78 is 0. The Morgan fingerprint density at radius 3 is 2.86 bits per heavy atom. The standard InChI is InChI=1S/C16H17ClN4/c17-15-13-9-18-7-5-14(13)19-16(20-15)21-8-6-11-3-1-2-4-12(11)10-21/h1-4,18H,5-10H2. The number of anilines is 1. The van der Waals surface area contributed by atoms with Crippen molar-refractivity contribution in [2.24, 2.45) is 0 Å². The fraction of sp³-hybridized carbons (Fsp3) is 0.375. The van der Waals surface area contributed by atoms with Crippen molar-refractivity contribution in [1.82, 2.24) is 15.3 Å². The highest BCUT2D eigenvalue weighted by atomic mass is 35.5. The summed E-state index contributed by atoms with van der Waals surface area (Å²) in [6, 6.07) is 8.59. The van der Waals surface area contributed by atoms with E-state index in [2.05, 4.69) is 39.5 Å². The SMILES string of the molecule is Clc1nc(N2CCc3ccccc3C2)nc2c1CNCC2. The van der Waals surface area contributed by atoms with Gasteiger partial charge in [0, 0.05) is 38.2 Å². The first-order chi connectivity index (χ1) is 10.3. The summed E-state index contributed by atoms with van der Waals surface area (Å²) in [5.74, 6) is 0.773. The number of hydrogen-bond donors (Lipinski definition) is 1. The van der Waals surface area contributed by atoms with Gasteiger partial charge in [-0.15, -0.1) is 0 Å². The van der Waals surface area contributed by atoms with Gasteiger partial charge in [-0.3, -0.25) is 0 Å². The quantitative estimate of drug-likeness (QED) is 0.821. The van der Waals surface area contributed by atoms with E-state index in [0.29, 0.717) is 5.15 Å². The molecule has 0 radical (unpaired) electrons. The van der Waals surface area contributed by atoms with Crippen molar-refractivity contribution in [2.45, 2.75) is 25.9 Å². The van der Waals surface area contributed by atoms with E-state index in [1.807, 2.05) is 0 Å². The summed E-state index contributed by atoms with van der Waals surface area (Å²) in [5, 5.41) is 3.91. The molecule has 21 heavy (non-hydrogen) atoms. The zero-order chi connectivity index (χ0) is 14.2. The topological polar surface area (TPSA) is 41.1 Å². The number of nitrogens with one attached hydrogen (secondary N) is 1. The molecule has 4 nitrogen and oxygen atoms in total. The number of nitrogens with zero attached hydrogens (tertiary/aromatic N) is 3. The molecule has 0 saturated heterocycles. The third-order valence-corrected chi connectivity index (χ3v) is 4.60. The second-order valence-electron chi connectivity index (χ2n) is 5.61. The first-order valence-electron chi connectivity index (χ1n) is 7.39. The predicted molar refractivity (Wildman–Crippen MR) is 83.6 cm³/mol. The van der Waals surface area contributed by atoms with E-state index >= 15 is 0 Å². The molecule has 0 saturated carbocycles. The van der Waals surface area contributed by atoms with E-state index in [9.17, 15) is 0 Å². The molecule has 1 aromatic heterocycles. The second kappa shape index (κ2) is 5.28. The average Bonchev–Trinajstić information content (AvgIpc) is 2.54. The second-order valence-corrected chi connectivity index (χ2v) is 5.96. The van der Waals surface area contributed by atoms with Crippen molar-refractivity contribution >= 4 is 17.5 Å². The van der Waals surface area contributed by atoms with Gasteiger partial charge in [0.2, 0.25) is 5.95 Å². The third kappa shape index (κ3) is 2.39. The van der Waals surface area contributed by atoms with E-state index in [0.717, 1.165) is 56.2 Å². The summed E-state index contributed by atoms with van der Waals surface area (Å²) >= 11 is 6.35. The maximum atomic E-state index is 6.35. The molecule has 0 fully saturated rings. The Hall–Kier alpha value is -1.65. The molecule has 0 aliphatic carbocycles. The van der Waals surface area contributed by atoms with E-state index < -0.39 is 0 Å². The highest BCUT2D eigenvalue weighted by Gasteiger charge is 2.22. The molecule has 2 aliphatic rings. The van der Waals surface area contributed by atoms with E-state index in [1.54, 1.807) is 0 Å². The fourth-order valence-electron chi connectivity index (χ4n) is 3.10.